The Kier molecular flexibility index (Phi) is 5.11. The molecule has 20 heavy (non-hydrogen) atoms. The molecular weight excluding hydrogens is 274 g/mol. The van der Waals surface area contributed by atoms with Gasteiger partial charge in [0.1, 0.15) is 6.04 Å². The predicted molar refractivity (Wildman–Crippen MR) is 78.4 cm³/mol. The zero-order valence-corrected chi connectivity index (χ0v) is 12.8. The van der Waals surface area contributed by atoms with Gasteiger partial charge in [0.05, 0.1) is 11.2 Å². The number of thiazole rings is 1. The number of aromatic nitrogens is 1. The number of hydrogen-bond acceptors (Lipinski definition) is 4. The lowest BCUT2D eigenvalue weighted by Crippen LogP contribution is -2.45. The van der Waals surface area contributed by atoms with Crippen LogP contribution >= 0.6 is 11.3 Å². The predicted octanol–water partition coefficient (Wildman–Crippen LogP) is 1.45. The smallest absolute Gasteiger partial charge is 0.245 e. The first-order valence-corrected chi connectivity index (χ1v) is 7.95. The summed E-state index contributed by atoms with van der Waals surface area (Å²) in [6.07, 6.45) is 1.83. The zero-order valence-electron chi connectivity index (χ0n) is 12.0. The van der Waals surface area contributed by atoms with Gasteiger partial charge < -0.3 is 10.2 Å². The van der Waals surface area contributed by atoms with Crippen LogP contribution in [0.3, 0.4) is 0 Å². The van der Waals surface area contributed by atoms with E-state index in [9.17, 15) is 9.59 Å². The molecule has 1 saturated heterocycles. The molecule has 1 unspecified atom stereocenters. The Balaban J connectivity index is 1.99. The normalized spacial score (nSPS) is 20.1. The third kappa shape index (κ3) is 4.03. The monoisotopic (exact) mass is 295 g/mol. The van der Waals surface area contributed by atoms with Crippen molar-refractivity contribution in [2.24, 2.45) is 5.92 Å². The number of carbonyl (C=O) groups excluding carboxylic acids is 2. The fourth-order valence-corrected chi connectivity index (χ4v) is 2.95. The van der Waals surface area contributed by atoms with Crippen molar-refractivity contribution in [2.75, 3.05) is 13.1 Å². The Hall–Kier alpha value is -1.43. The molecule has 0 spiro atoms. The topological polar surface area (TPSA) is 62.3 Å². The number of rotatable bonds is 5. The highest BCUT2D eigenvalue weighted by atomic mass is 32.1. The van der Waals surface area contributed by atoms with E-state index in [-0.39, 0.29) is 17.9 Å². The van der Waals surface area contributed by atoms with Crippen LogP contribution in [-0.4, -0.2) is 40.8 Å². The highest BCUT2D eigenvalue weighted by Crippen LogP contribution is 2.13. The average Bonchev–Trinajstić information content (AvgIpc) is 2.85. The molecule has 1 aliphatic heterocycles. The van der Waals surface area contributed by atoms with Crippen LogP contribution in [0.25, 0.3) is 0 Å². The molecule has 0 bridgehead atoms. The molecule has 2 amide bonds. The molecule has 0 aromatic carbocycles. The lowest BCUT2D eigenvalue weighted by Gasteiger charge is -2.24. The summed E-state index contributed by atoms with van der Waals surface area (Å²) in [6.45, 7) is 5.25. The summed E-state index contributed by atoms with van der Waals surface area (Å²) in [4.78, 5) is 30.2. The fraction of sp³-hybridized carbons (Fsp3) is 0.643. The second-order valence-corrected chi connectivity index (χ2v) is 6.27. The number of nitrogens with zero attached hydrogens (tertiary/aromatic N) is 2. The van der Waals surface area contributed by atoms with Crippen molar-refractivity contribution in [3.05, 3.63) is 16.6 Å². The molecule has 0 radical (unpaired) electrons. The maximum Gasteiger partial charge on any atom is 0.245 e. The summed E-state index contributed by atoms with van der Waals surface area (Å²) in [7, 11) is 0. The van der Waals surface area contributed by atoms with Gasteiger partial charge in [-0.2, -0.15) is 0 Å². The van der Waals surface area contributed by atoms with E-state index in [0.717, 1.165) is 12.1 Å². The van der Waals surface area contributed by atoms with Crippen LogP contribution in [0.5, 0.6) is 0 Å². The highest BCUT2D eigenvalue weighted by molar-refractivity contribution is 7.07. The Labute approximate surface area is 123 Å². The van der Waals surface area contributed by atoms with E-state index in [1.807, 2.05) is 5.38 Å². The summed E-state index contributed by atoms with van der Waals surface area (Å²) >= 11 is 1.56. The van der Waals surface area contributed by atoms with Crippen LogP contribution in [0, 0.1) is 5.92 Å². The molecule has 1 N–H and O–H groups in total. The largest absolute Gasteiger partial charge is 0.344 e. The second kappa shape index (κ2) is 6.83. The quantitative estimate of drug-likeness (QED) is 0.894. The van der Waals surface area contributed by atoms with Crippen molar-refractivity contribution in [2.45, 2.75) is 39.2 Å². The molecule has 2 rings (SSSR count). The van der Waals surface area contributed by atoms with Crippen LogP contribution in [0.15, 0.2) is 10.9 Å². The minimum Gasteiger partial charge on any atom is -0.344 e. The SMILES string of the molecule is CC(C)CC1NC(=O)CCN(CCc2cscn2)C1=O. The fourth-order valence-electron chi connectivity index (χ4n) is 2.36. The lowest BCUT2D eigenvalue weighted by atomic mass is 10.0. The molecule has 110 valence electrons. The molecule has 6 heteroatoms. The van der Waals surface area contributed by atoms with Crippen molar-refractivity contribution in [1.82, 2.24) is 15.2 Å². The van der Waals surface area contributed by atoms with Crippen molar-refractivity contribution in [3.8, 4) is 0 Å². The van der Waals surface area contributed by atoms with Crippen molar-refractivity contribution in [1.29, 1.82) is 0 Å². The van der Waals surface area contributed by atoms with Crippen molar-refractivity contribution >= 4 is 23.2 Å². The second-order valence-electron chi connectivity index (χ2n) is 5.55. The van der Waals surface area contributed by atoms with Crippen LogP contribution in [0.1, 0.15) is 32.4 Å². The van der Waals surface area contributed by atoms with Crippen molar-refractivity contribution < 1.29 is 9.59 Å². The van der Waals surface area contributed by atoms with Gasteiger partial charge in [0.25, 0.3) is 0 Å². The van der Waals surface area contributed by atoms with Gasteiger partial charge in [-0.05, 0) is 12.3 Å². The summed E-state index contributed by atoms with van der Waals surface area (Å²) < 4.78 is 0. The molecule has 1 aromatic heterocycles. The van der Waals surface area contributed by atoms with Gasteiger partial charge in [0.2, 0.25) is 11.8 Å². The number of hydrogen-bond donors (Lipinski definition) is 1. The van der Waals surface area contributed by atoms with E-state index in [1.165, 1.54) is 0 Å². The Bertz CT molecular complexity index is 459. The molecule has 2 heterocycles. The summed E-state index contributed by atoms with van der Waals surface area (Å²) in [5, 5.41) is 4.84. The zero-order chi connectivity index (χ0) is 14.5. The van der Waals surface area contributed by atoms with Gasteiger partial charge in [-0.3, -0.25) is 9.59 Å². The van der Waals surface area contributed by atoms with Gasteiger partial charge in [0.15, 0.2) is 0 Å². The maximum atomic E-state index is 12.5. The third-order valence-electron chi connectivity index (χ3n) is 3.38. The number of amides is 2. The third-order valence-corrected chi connectivity index (χ3v) is 4.02. The molecule has 1 aromatic rings. The highest BCUT2D eigenvalue weighted by Gasteiger charge is 2.29. The van der Waals surface area contributed by atoms with Gasteiger partial charge in [-0.1, -0.05) is 13.8 Å². The Morgan fingerprint density at radius 3 is 2.95 bits per heavy atom. The number of carbonyl (C=O) groups is 2. The summed E-state index contributed by atoms with van der Waals surface area (Å²) in [5.41, 5.74) is 2.80. The summed E-state index contributed by atoms with van der Waals surface area (Å²) in [6, 6.07) is -0.375. The Morgan fingerprint density at radius 2 is 2.30 bits per heavy atom. The first kappa shape index (κ1) is 15.0. The first-order valence-electron chi connectivity index (χ1n) is 7.01. The minimum atomic E-state index is -0.375. The molecule has 1 aliphatic rings. The maximum absolute atomic E-state index is 12.5. The molecule has 1 atom stereocenters. The molecule has 0 aliphatic carbocycles. The van der Waals surface area contributed by atoms with Crippen LogP contribution in [0.2, 0.25) is 0 Å². The standard InChI is InChI=1S/C14H21N3O2S/c1-10(2)7-12-14(19)17(6-4-13(18)16-12)5-3-11-8-20-9-15-11/h8-10,12H,3-7H2,1-2H3,(H,16,18). The van der Waals surface area contributed by atoms with E-state index >= 15 is 0 Å². The van der Waals surface area contributed by atoms with E-state index < -0.39 is 0 Å². The van der Waals surface area contributed by atoms with Crippen LogP contribution < -0.4 is 5.32 Å². The van der Waals surface area contributed by atoms with E-state index in [2.05, 4.69) is 24.1 Å². The first-order chi connectivity index (χ1) is 9.56. The van der Waals surface area contributed by atoms with E-state index in [1.54, 1.807) is 21.7 Å². The average molecular weight is 295 g/mol. The van der Waals surface area contributed by atoms with E-state index in [4.69, 9.17) is 0 Å². The van der Waals surface area contributed by atoms with Gasteiger partial charge in [0, 0.05) is 31.3 Å². The molecular formula is C14H21N3O2S. The molecule has 5 nitrogen and oxygen atoms in total. The molecule has 0 saturated carbocycles. The van der Waals surface area contributed by atoms with Crippen LogP contribution in [-0.2, 0) is 16.0 Å². The van der Waals surface area contributed by atoms with Gasteiger partial charge in [-0.25, -0.2) is 4.98 Å². The minimum absolute atomic E-state index is 0.0276. The Morgan fingerprint density at radius 1 is 1.50 bits per heavy atom. The number of nitrogens with one attached hydrogen (secondary N) is 1. The van der Waals surface area contributed by atoms with Gasteiger partial charge in [-0.15, -0.1) is 11.3 Å². The van der Waals surface area contributed by atoms with E-state index in [0.29, 0.717) is 31.8 Å². The molecule has 1 fully saturated rings. The van der Waals surface area contributed by atoms with Crippen LogP contribution in [0.4, 0.5) is 0 Å². The summed E-state index contributed by atoms with van der Waals surface area (Å²) in [5.74, 6) is 0.391. The lowest BCUT2D eigenvalue weighted by molar-refractivity contribution is -0.133. The van der Waals surface area contributed by atoms with Crippen molar-refractivity contribution in [3.63, 3.8) is 0 Å². The van der Waals surface area contributed by atoms with Gasteiger partial charge >= 0.3 is 0 Å².